The Labute approximate surface area is 250 Å². The number of amides is 2. The fourth-order valence-electron chi connectivity index (χ4n) is 5.49. The van der Waals surface area contributed by atoms with Gasteiger partial charge in [0.1, 0.15) is 6.04 Å². The number of aliphatic carboxylic acids is 3. The van der Waals surface area contributed by atoms with E-state index in [1.165, 1.54) is 5.56 Å². The number of hydrogen-bond donors (Lipinski definition) is 4. The molecule has 1 fully saturated rings. The monoisotopic (exact) mass is 597 g/mol. The van der Waals surface area contributed by atoms with Gasteiger partial charge < -0.3 is 30.2 Å². The lowest BCUT2D eigenvalue weighted by molar-refractivity contribution is -0.170. The molecule has 232 valence electrons. The van der Waals surface area contributed by atoms with E-state index in [4.69, 9.17) is 20.4 Å². The third-order valence-electron chi connectivity index (χ3n) is 7.76. The molecule has 43 heavy (non-hydrogen) atoms. The van der Waals surface area contributed by atoms with E-state index in [2.05, 4.69) is 35.2 Å². The van der Waals surface area contributed by atoms with Crippen LogP contribution in [0.3, 0.4) is 0 Å². The highest BCUT2D eigenvalue weighted by Crippen LogP contribution is 2.33. The van der Waals surface area contributed by atoms with Gasteiger partial charge in [-0.3, -0.25) is 24.1 Å². The van der Waals surface area contributed by atoms with Crippen molar-refractivity contribution in [2.24, 2.45) is 0 Å². The molecule has 0 saturated carbocycles. The van der Waals surface area contributed by atoms with Crippen LogP contribution < -0.4 is 4.90 Å². The number of fused-ring (bicyclic) bond motifs is 1. The van der Waals surface area contributed by atoms with Gasteiger partial charge in [0.25, 0.3) is 0 Å². The number of likely N-dealkylation sites (tertiary alicyclic amines) is 1. The van der Waals surface area contributed by atoms with Crippen LogP contribution in [0.5, 0.6) is 0 Å². The molecule has 2 aliphatic heterocycles. The number of aliphatic hydroxyl groups is 1. The van der Waals surface area contributed by atoms with Crippen LogP contribution >= 0.6 is 0 Å². The quantitative estimate of drug-likeness (QED) is 0.317. The lowest BCUT2D eigenvalue weighted by Crippen LogP contribution is -2.48. The van der Waals surface area contributed by atoms with E-state index < -0.39 is 42.4 Å². The Morgan fingerprint density at radius 1 is 0.860 bits per heavy atom. The number of nitrogens with zero attached hydrogens (tertiary/aromatic N) is 3. The number of likely N-dealkylation sites (N-methyl/N-ethyl adjacent to an activating group) is 1. The van der Waals surface area contributed by atoms with Crippen LogP contribution in [0.25, 0.3) is 0 Å². The lowest BCUT2D eigenvalue weighted by Gasteiger charge is -2.33. The maximum atomic E-state index is 13.2. The predicted octanol–water partition coefficient (Wildman–Crippen LogP) is 2.05. The summed E-state index contributed by atoms with van der Waals surface area (Å²) in [4.78, 5) is 62.1. The number of carbonyl (C=O) groups excluding carboxylic acids is 2. The van der Waals surface area contributed by atoms with Gasteiger partial charge in [-0.15, -0.1) is 0 Å². The maximum absolute atomic E-state index is 13.2. The first-order chi connectivity index (χ1) is 20.3. The van der Waals surface area contributed by atoms with Crippen molar-refractivity contribution in [2.75, 3.05) is 38.6 Å². The molecular weight excluding hydrogens is 558 g/mol. The second-order valence-electron chi connectivity index (χ2n) is 11.1. The van der Waals surface area contributed by atoms with Crippen LogP contribution in [-0.2, 0) is 30.4 Å². The minimum absolute atomic E-state index is 0.0109. The molecular formula is C31H39N3O9. The first-order valence-electron chi connectivity index (χ1n) is 14.1. The molecule has 4 rings (SSSR count). The first kappa shape index (κ1) is 33.2. The summed E-state index contributed by atoms with van der Waals surface area (Å²) in [5.41, 5.74) is 0.657. The van der Waals surface area contributed by atoms with Crippen molar-refractivity contribution in [2.45, 2.75) is 56.1 Å². The van der Waals surface area contributed by atoms with Gasteiger partial charge >= 0.3 is 17.9 Å². The number of carboxylic acids is 3. The van der Waals surface area contributed by atoms with Crippen LogP contribution in [-0.4, -0.2) is 105 Å². The fourth-order valence-corrected chi connectivity index (χ4v) is 5.49. The summed E-state index contributed by atoms with van der Waals surface area (Å²) in [6.07, 6.45) is 1.02. The lowest BCUT2D eigenvalue weighted by atomic mass is 9.89. The van der Waals surface area contributed by atoms with Gasteiger partial charge in [0, 0.05) is 39.2 Å². The van der Waals surface area contributed by atoms with E-state index in [0.717, 1.165) is 43.7 Å². The standard InChI is InChI=1S/C25H31N3O2.C6H8O7/c1-26(2)25(30)23-18-21-10-6-7-11-22(21)28(23)24(29)14-17-27-15-12-20(13-16-27)19-8-4-3-5-9-19;7-3(8)1-6(13,5(11)12)2-4(9)10/h3-11,20,23H,12-18H2,1-2H3;13H,1-2H2,(H,7,8)(H,9,10)(H,11,12)/t23-;/m0./s1. The molecule has 0 aromatic heterocycles. The Hall–Kier alpha value is -4.29. The molecule has 2 aromatic rings. The third-order valence-corrected chi connectivity index (χ3v) is 7.76. The number of hydrogen-bond acceptors (Lipinski definition) is 7. The smallest absolute Gasteiger partial charge is 0.336 e. The highest BCUT2D eigenvalue weighted by atomic mass is 16.4. The molecule has 12 nitrogen and oxygen atoms in total. The number of anilines is 1. The summed E-state index contributed by atoms with van der Waals surface area (Å²) < 4.78 is 0. The molecule has 0 spiro atoms. The minimum Gasteiger partial charge on any atom is -0.481 e. The number of rotatable bonds is 10. The second-order valence-corrected chi connectivity index (χ2v) is 11.1. The van der Waals surface area contributed by atoms with Crippen molar-refractivity contribution < 1.29 is 44.4 Å². The average Bonchev–Trinajstić information content (AvgIpc) is 3.35. The topological polar surface area (TPSA) is 176 Å². The highest BCUT2D eigenvalue weighted by Gasteiger charge is 2.41. The number of carbonyl (C=O) groups is 5. The highest BCUT2D eigenvalue weighted by molar-refractivity contribution is 6.03. The molecule has 2 heterocycles. The van der Waals surface area contributed by atoms with Gasteiger partial charge in [0.05, 0.1) is 12.8 Å². The molecule has 0 radical (unpaired) electrons. The zero-order valence-corrected chi connectivity index (χ0v) is 24.4. The van der Waals surface area contributed by atoms with Crippen molar-refractivity contribution in [1.29, 1.82) is 0 Å². The van der Waals surface area contributed by atoms with Gasteiger partial charge in [0.2, 0.25) is 11.8 Å². The molecule has 0 unspecified atom stereocenters. The zero-order valence-electron chi connectivity index (χ0n) is 24.4. The number of benzene rings is 2. The Bertz CT molecular complexity index is 1290. The van der Waals surface area contributed by atoms with E-state index in [1.807, 2.05) is 24.3 Å². The van der Waals surface area contributed by atoms with Gasteiger partial charge in [-0.05, 0) is 49.0 Å². The molecule has 1 saturated heterocycles. The van der Waals surface area contributed by atoms with Crippen molar-refractivity contribution in [3.63, 3.8) is 0 Å². The number of carboxylic acid groups (broad SMARTS) is 3. The van der Waals surface area contributed by atoms with E-state index in [0.29, 0.717) is 18.8 Å². The van der Waals surface area contributed by atoms with Gasteiger partial charge in [0.15, 0.2) is 5.60 Å². The first-order valence-corrected chi connectivity index (χ1v) is 14.1. The van der Waals surface area contributed by atoms with E-state index >= 15 is 0 Å². The van der Waals surface area contributed by atoms with Crippen molar-refractivity contribution >= 4 is 35.4 Å². The van der Waals surface area contributed by atoms with Crippen molar-refractivity contribution in [3.8, 4) is 0 Å². The Morgan fingerprint density at radius 3 is 1.95 bits per heavy atom. The number of para-hydroxylation sites is 1. The second kappa shape index (κ2) is 14.7. The predicted molar refractivity (Wildman–Crippen MR) is 157 cm³/mol. The molecule has 0 aliphatic carbocycles. The van der Waals surface area contributed by atoms with E-state index in [-0.39, 0.29) is 11.8 Å². The number of piperidine rings is 1. The Balaban J connectivity index is 0.000000331. The maximum Gasteiger partial charge on any atom is 0.336 e. The SMILES string of the molecule is CN(C)C(=O)[C@@H]1Cc2ccccc2N1C(=O)CCN1CCC(c2ccccc2)CC1.O=C(O)CC(O)(CC(=O)O)C(=O)O. The molecule has 2 aliphatic rings. The molecule has 12 heteroatoms. The molecule has 2 aromatic carbocycles. The summed E-state index contributed by atoms with van der Waals surface area (Å²) in [5.74, 6) is -4.37. The average molecular weight is 598 g/mol. The van der Waals surface area contributed by atoms with E-state index in [1.54, 1.807) is 23.9 Å². The zero-order chi connectivity index (χ0) is 31.7. The summed E-state index contributed by atoms with van der Waals surface area (Å²) in [6, 6.07) is 18.2. The third kappa shape index (κ3) is 8.85. The van der Waals surface area contributed by atoms with Gasteiger partial charge in [-0.2, -0.15) is 0 Å². The van der Waals surface area contributed by atoms with Crippen molar-refractivity contribution in [3.05, 3.63) is 65.7 Å². The molecule has 1 atom stereocenters. The Kier molecular flexibility index (Phi) is 11.4. The largest absolute Gasteiger partial charge is 0.481 e. The molecule has 2 amide bonds. The minimum atomic E-state index is -2.74. The fraction of sp³-hybridized carbons (Fsp3) is 0.452. The van der Waals surface area contributed by atoms with Gasteiger partial charge in [-0.25, -0.2) is 4.79 Å². The Morgan fingerprint density at radius 2 is 1.42 bits per heavy atom. The molecule has 4 N–H and O–H groups in total. The normalized spacial score (nSPS) is 16.9. The van der Waals surface area contributed by atoms with Crippen LogP contribution in [0.4, 0.5) is 5.69 Å². The van der Waals surface area contributed by atoms with Crippen LogP contribution in [0, 0.1) is 0 Å². The summed E-state index contributed by atoms with van der Waals surface area (Å²) in [7, 11) is 3.51. The van der Waals surface area contributed by atoms with E-state index in [9.17, 15) is 24.0 Å². The van der Waals surface area contributed by atoms with Crippen LogP contribution in [0.2, 0.25) is 0 Å². The summed E-state index contributed by atoms with van der Waals surface area (Å²) in [6.45, 7) is 2.79. The van der Waals surface area contributed by atoms with Gasteiger partial charge in [-0.1, -0.05) is 48.5 Å². The summed E-state index contributed by atoms with van der Waals surface area (Å²) >= 11 is 0. The van der Waals surface area contributed by atoms with Crippen LogP contribution in [0.15, 0.2) is 54.6 Å². The van der Waals surface area contributed by atoms with Crippen molar-refractivity contribution in [1.82, 2.24) is 9.80 Å². The summed E-state index contributed by atoms with van der Waals surface area (Å²) in [5, 5.41) is 33.8. The van der Waals surface area contributed by atoms with Crippen LogP contribution in [0.1, 0.15) is 49.1 Å². The molecule has 0 bridgehead atoms.